The highest BCUT2D eigenvalue weighted by atomic mass is 16.6. The number of aromatic hydroxyl groups is 1. The summed E-state index contributed by atoms with van der Waals surface area (Å²) in [6.45, 7) is 8.77. The molecule has 0 spiro atoms. The second-order valence-corrected chi connectivity index (χ2v) is 5.11. The van der Waals surface area contributed by atoms with Crippen molar-refractivity contribution in [3.05, 3.63) is 36.8 Å². The van der Waals surface area contributed by atoms with Gasteiger partial charge in [0.05, 0.1) is 6.04 Å². The second-order valence-electron chi connectivity index (χ2n) is 5.11. The number of hydrogen-bond donors (Lipinski definition) is 2. The number of hydrogen-bond acceptors (Lipinski definition) is 4. The number of Topliss-reactive ketones (excluding diaryl/α,β-unsaturated/α-hetero) is 1. The zero-order valence-electron chi connectivity index (χ0n) is 11.3. The van der Waals surface area contributed by atoms with Crippen molar-refractivity contribution in [2.45, 2.75) is 32.4 Å². The Balaban J connectivity index is 2.63. The summed E-state index contributed by atoms with van der Waals surface area (Å²) >= 11 is 0. The van der Waals surface area contributed by atoms with Gasteiger partial charge < -0.3 is 15.2 Å². The highest BCUT2D eigenvalue weighted by molar-refractivity contribution is 6.02. The smallest absolute Gasteiger partial charge is 0.408 e. The van der Waals surface area contributed by atoms with Crippen molar-refractivity contribution in [3.63, 3.8) is 0 Å². The molecule has 1 amide bonds. The number of phenols is 1. The van der Waals surface area contributed by atoms with E-state index in [1.54, 1.807) is 20.8 Å². The molecule has 0 bridgehead atoms. The average Bonchev–Trinajstić information content (AvgIpc) is 2.26. The Bertz CT molecular complexity index is 459. The SMILES string of the molecule is [CH2]C(NC(=O)OC(C)(C)C)C(=O)c1ccc(O)cc1. The molecule has 0 heterocycles. The third kappa shape index (κ3) is 4.99. The summed E-state index contributed by atoms with van der Waals surface area (Å²) < 4.78 is 5.03. The Morgan fingerprint density at radius 1 is 1.26 bits per heavy atom. The molecule has 1 aromatic carbocycles. The minimum absolute atomic E-state index is 0.0669. The summed E-state index contributed by atoms with van der Waals surface area (Å²) in [5, 5.41) is 11.5. The van der Waals surface area contributed by atoms with E-state index in [0.29, 0.717) is 5.56 Å². The summed E-state index contributed by atoms with van der Waals surface area (Å²) in [4.78, 5) is 23.4. The van der Waals surface area contributed by atoms with Crippen molar-refractivity contribution in [2.75, 3.05) is 0 Å². The molecule has 0 aliphatic heterocycles. The van der Waals surface area contributed by atoms with Crippen molar-refractivity contribution in [1.82, 2.24) is 5.32 Å². The van der Waals surface area contributed by atoms with Crippen molar-refractivity contribution >= 4 is 11.9 Å². The van der Waals surface area contributed by atoms with Gasteiger partial charge in [0.2, 0.25) is 0 Å². The summed E-state index contributed by atoms with van der Waals surface area (Å²) in [6.07, 6.45) is -0.695. The number of alkyl carbamates (subject to hydrolysis) is 1. The Labute approximate surface area is 112 Å². The van der Waals surface area contributed by atoms with Crippen LogP contribution in [-0.2, 0) is 4.74 Å². The van der Waals surface area contributed by atoms with Gasteiger partial charge in [-0.3, -0.25) is 4.79 Å². The molecule has 5 nitrogen and oxygen atoms in total. The molecule has 0 saturated carbocycles. The maximum atomic E-state index is 11.9. The predicted molar refractivity (Wildman–Crippen MR) is 71.0 cm³/mol. The van der Waals surface area contributed by atoms with Crippen LogP contribution in [0.25, 0.3) is 0 Å². The molecule has 0 aliphatic carbocycles. The van der Waals surface area contributed by atoms with E-state index in [0.717, 1.165) is 0 Å². The van der Waals surface area contributed by atoms with Gasteiger partial charge in [-0.15, -0.1) is 0 Å². The van der Waals surface area contributed by atoms with E-state index in [4.69, 9.17) is 9.84 Å². The molecule has 103 valence electrons. The molecule has 0 aliphatic rings. The van der Waals surface area contributed by atoms with Gasteiger partial charge >= 0.3 is 6.09 Å². The maximum absolute atomic E-state index is 11.9. The zero-order valence-corrected chi connectivity index (χ0v) is 11.3. The van der Waals surface area contributed by atoms with Crippen LogP contribution in [0.3, 0.4) is 0 Å². The Morgan fingerprint density at radius 2 is 1.79 bits per heavy atom. The molecular weight excluding hydrogens is 246 g/mol. The quantitative estimate of drug-likeness (QED) is 0.821. The lowest BCUT2D eigenvalue weighted by Crippen LogP contribution is -2.41. The van der Waals surface area contributed by atoms with E-state index in [9.17, 15) is 9.59 Å². The first-order valence-electron chi connectivity index (χ1n) is 5.85. The fourth-order valence-electron chi connectivity index (χ4n) is 1.34. The van der Waals surface area contributed by atoms with Gasteiger partial charge in [0.25, 0.3) is 0 Å². The standard InChI is InChI=1S/C14H18NO4/c1-9(15-13(18)19-14(2,3)4)12(17)10-5-7-11(16)8-6-10/h5-9,16H,1H2,2-4H3,(H,15,18). The number of nitrogens with one attached hydrogen (secondary N) is 1. The van der Waals surface area contributed by atoms with Gasteiger partial charge in [-0.25, -0.2) is 4.79 Å². The first kappa shape index (κ1) is 15.0. The Kier molecular flexibility index (Phi) is 4.53. The van der Waals surface area contributed by atoms with Crippen molar-refractivity contribution < 1.29 is 19.4 Å². The monoisotopic (exact) mass is 264 g/mol. The fraction of sp³-hybridized carbons (Fsp3) is 0.357. The lowest BCUT2D eigenvalue weighted by Gasteiger charge is -2.21. The van der Waals surface area contributed by atoms with Crippen LogP contribution in [0.5, 0.6) is 5.75 Å². The highest BCUT2D eigenvalue weighted by Gasteiger charge is 2.21. The summed E-state index contributed by atoms with van der Waals surface area (Å²) in [7, 11) is 0. The summed E-state index contributed by atoms with van der Waals surface area (Å²) in [6, 6.07) is 4.78. The third-order valence-electron chi connectivity index (χ3n) is 2.16. The minimum atomic E-state index is -0.945. The van der Waals surface area contributed by atoms with E-state index in [-0.39, 0.29) is 11.5 Å². The Hall–Kier alpha value is -2.04. The minimum Gasteiger partial charge on any atom is -0.508 e. The normalized spacial score (nSPS) is 12.6. The van der Waals surface area contributed by atoms with E-state index < -0.39 is 17.7 Å². The molecule has 0 saturated heterocycles. The lowest BCUT2D eigenvalue weighted by molar-refractivity contribution is 0.0503. The van der Waals surface area contributed by atoms with Gasteiger partial charge in [-0.05, 0) is 52.0 Å². The molecule has 1 atom stereocenters. The van der Waals surface area contributed by atoms with Crippen LogP contribution in [0, 0.1) is 6.92 Å². The number of rotatable bonds is 3. The number of ketones is 1. The average molecular weight is 264 g/mol. The van der Waals surface area contributed by atoms with Crippen LogP contribution < -0.4 is 5.32 Å². The first-order chi connectivity index (χ1) is 8.69. The van der Waals surface area contributed by atoms with Gasteiger partial charge in [0.15, 0.2) is 5.78 Å². The van der Waals surface area contributed by atoms with Gasteiger partial charge in [-0.2, -0.15) is 0 Å². The largest absolute Gasteiger partial charge is 0.508 e. The number of ether oxygens (including phenoxy) is 1. The molecule has 1 aromatic rings. The van der Waals surface area contributed by atoms with Crippen LogP contribution in [0.15, 0.2) is 24.3 Å². The summed E-state index contributed by atoms with van der Waals surface area (Å²) in [5.74, 6) is -0.289. The van der Waals surface area contributed by atoms with Gasteiger partial charge in [0.1, 0.15) is 11.4 Å². The molecular formula is C14H18NO4. The third-order valence-corrected chi connectivity index (χ3v) is 2.16. The molecule has 1 rings (SSSR count). The molecule has 1 unspecified atom stereocenters. The van der Waals surface area contributed by atoms with E-state index >= 15 is 0 Å². The van der Waals surface area contributed by atoms with Crippen molar-refractivity contribution in [2.24, 2.45) is 0 Å². The molecule has 1 radical (unpaired) electrons. The van der Waals surface area contributed by atoms with Crippen LogP contribution in [-0.4, -0.2) is 28.6 Å². The van der Waals surface area contributed by atoms with Crippen molar-refractivity contribution in [1.29, 1.82) is 0 Å². The highest BCUT2D eigenvalue weighted by Crippen LogP contribution is 2.12. The number of benzene rings is 1. The molecule has 0 fully saturated rings. The second kappa shape index (κ2) is 5.73. The van der Waals surface area contributed by atoms with Gasteiger partial charge in [0, 0.05) is 5.56 Å². The predicted octanol–water partition coefficient (Wildman–Crippen LogP) is 2.30. The van der Waals surface area contributed by atoms with E-state index in [1.807, 2.05) is 0 Å². The fourth-order valence-corrected chi connectivity index (χ4v) is 1.34. The topological polar surface area (TPSA) is 75.6 Å². The molecule has 19 heavy (non-hydrogen) atoms. The van der Waals surface area contributed by atoms with Crippen molar-refractivity contribution in [3.8, 4) is 5.75 Å². The van der Waals surface area contributed by atoms with Crippen LogP contribution in [0.4, 0.5) is 4.79 Å². The lowest BCUT2D eigenvalue weighted by atomic mass is 10.1. The van der Waals surface area contributed by atoms with Crippen LogP contribution in [0.2, 0.25) is 0 Å². The van der Waals surface area contributed by atoms with Crippen LogP contribution in [0.1, 0.15) is 31.1 Å². The number of phenolic OH excluding ortho intramolecular Hbond substituents is 1. The Morgan fingerprint density at radius 3 is 2.26 bits per heavy atom. The molecule has 0 aromatic heterocycles. The van der Waals surface area contributed by atoms with Gasteiger partial charge in [-0.1, -0.05) is 0 Å². The maximum Gasteiger partial charge on any atom is 0.408 e. The molecule has 5 heteroatoms. The number of carbonyl (C=O) groups is 2. The van der Waals surface area contributed by atoms with E-state index in [2.05, 4.69) is 12.2 Å². The summed E-state index contributed by atoms with van der Waals surface area (Å²) in [5.41, 5.74) is -0.278. The van der Waals surface area contributed by atoms with Crippen LogP contribution >= 0.6 is 0 Å². The number of carbonyl (C=O) groups excluding carboxylic acids is 2. The molecule has 2 N–H and O–H groups in total. The number of amides is 1. The first-order valence-corrected chi connectivity index (χ1v) is 5.85. The zero-order chi connectivity index (χ0) is 14.6. The van der Waals surface area contributed by atoms with E-state index in [1.165, 1.54) is 24.3 Å².